The monoisotopic (exact) mass is 777 g/mol. The highest BCUT2D eigenvalue weighted by Gasteiger charge is 2.23. The number of methoxy groups -OCH3 is 2. The minimum atomic E-state index is -0.317. The van der Waals surface area contributed by atoms with Crippen molar-refractivity contribution in [3.8, 4) is 5.75 Å². The number of ether oxygens (including phenoxy) is 2. The van der Waals surface area contributed by atoms with Crippen LogP contribution in [0.5, 0.6) is 5.75 Å². The summed E-state index contributed by atoms with van der Waals surface area (Å²) in [6.07, 6.45) is 13.6. The lowest BCUT2D eigenvalue weighted by atomic mass is 9.89. The van der Waals surface area contributed by atoms with Crippen LogP contribution in [0.4, 0.5) is 0 Å². The third-order valence-electron chi connectivity index (χ3n) is 9.59. The zero-order valence-electron chi connectivity index (χ0n) is 33.0. The lowest BCUT2D eigenvalue weighted by Crippen LogP contribution is -2.28. The van der Waals surface area contributed by atoms with Crippen molar-refractivity contribution in [2.45, 2.75) is 60.3 Å². The van der Waals surface area contributed by atoms with E-state index in [9.17, 15) is 0 Å². The molecule has 0 saturated carbocycles. The zero-order chi connectivity index (χ0) is 39.2. The number of fused-ring (bicyclic) bond motifs is 1. The van der Waals surface area contributed by atoms with E-state index < -0.39 is 0 Å². The van der Waals surface area contributed by atoms with Gasteiger partial charge in [-0.3, -0.25) is 0 Å². The number of hydrogen-bond donors (Lipinski definition) is 1. The first kappa shape index (κ1) is 41.4. The molecule has 0 aromatic heterocycles. The SMILES string of the molecule is CO/C(C)=c1\cccc\c1=C(\C)OPOC1=C(\c2c(OPO/C(C)=c3\cccc\c3=C(\C)OC)c(CCCN)cc3ccccc23)C/C=C\C=C/C/C=C\1C. The van der Waals surface area contributed by atoms with E-state index in [4.69, 9.17) is 33.3 Å². The Kier molecular flexibility index (Phi) is 15.6. The van der Waals surface area contributed by atoms with E-state index in [-0.39, 0.29) is 18.1 Å². The van der Waals surface area contributed by atoms with Crippen LogP contribution in [0, 0.1) is 0 Å². The van der Waals surface area contributed by atoms with E-state index in [2.05, 4.69) is 67.6 Å². The lowest BCUT2D eigenvalue weighted by molar-refractivity contribution is 0.360. The molecule has 0 fully saturated rings. The molecule has 1 aliphatic carbocycles. The van der Waals surface area contributed by atoms with Gasteiger partial charge >= 0.3 is 0 Å². The van der Waals surface area contributed by atoms with Crippen molar-refractivity contribution < 1.29 is 27.6 Å². The molecule has 5 rings (SSSR count). The van der Waals surface area contributed by atoms with Crippen LogP contribution in [-0.2, 0) is 29.5 Å². The standard InChI is InChI=1S/C46H53NO6P2/c1-31-20-11-9-8-10-12-28-43(45(31)52-54-50-34(4)40-25-17-15-23-38(40)32(2)48-6)44-42-27-14-13-21-36(42)30-37(22-19-29-47)46(44)53-55-51-35(5)41-26-18-16-24-39(41)33(3)49-7/h8-10,12-18,20-21,23-27,30,54-55H,11,19,22,28-29,47H2,1-7H3/b9-8-,12-10-,31-20-,38-32+,39-33+,40-34+,41-35+,45-43-. The van der Waals surface area contributed by atoms with Crippen LogP contribution in [0.2, 0.25) is 0 Å². The summed E-state index contributed by atoms with van der Waals surface area (Å²) in [5, 5.41) is 6.04. The van der Waals surface area contributed by atoms with Crippen LogP contribution in [0.3, 0.4) is 0 Å². The van der Waals surface area contributed by atoms with Crippen molar-refractivity contribution >= 4 is 57.5 Å². The van der Waals surface area contributed by atoms with Crippen molar-refractivity contribution in [3.63, 3.8) is 0 Å². The molecule has 2 atom stereocenters. The molecule has 0 saturated heterocycles. The Hall–Kier alpha value is -4.80. The molecule has 0 bridgehead atoms. The van der Waals surface area contributed by atoms with Crippen LogP contribution in [0.15, 0.2) is 121 Å². The molecule has 0 radical (unpaired) electrons. The van der Waals surface area contributed by atoms with Gasteiger partial charge in [0.2, 0.25) is 0 Å². The van der Waals surface area contributed by atoms with Gasteiger partial charge in [0.05, 0.1) is 14.2 Å². The van der Waals surface area contributed by atoms with Crippen molar-refractivity contribution in [3.05, 3.63) is 153 Å². The molecular weight excluding hydrogens is 724 g/mol. The quantitative estimate of drug-likeness (QED) is 0.128. The molecule has 0 spiro atoms. The topological polar surface area (TPSA) is 81.4 Å². The number of allylic oxidation sites excluding steroid dienone is 7. The molecular formula is C46H53NO6P2. The fourth-order valence-electron chi connectivity index (χ4n) is 6.50. The molecule has 0 amide bonds. The van der Waals surface area contributed by atoms with Crippen LogP contribution in [0.1, 0.15) is 65.0 Å². The summed E-state index contributed by atoms with van der Waals surface area (Å²) in [5.74, 6) is 4.66. The summed E-state index contributed by atoms with van der Waals surface area (Å²) in [6, 6.07) is 26.8. The van der Waals surface area contributed by atoms with Crippen LogP contribution < -0.4 is 31.1 Å². The van der Waals surface area contributed by atoms with Gasteiger partial charge in [-0.05, 0) is 94.8 Å². The summed E-state index contributed by atoms with van der Waals surface area (Å²) in [5.41, 5.74) is 10.1. The molecule has 288 valence electrons. The van der Waals surface area contributed by atoms with E-state index in [0.29, 0.717) is 13.0 Å². The van der Waals surface area contributed by atoms with Gasteiger partial charge in [-0.1, -0.05) is 103 Å². The second-order valence-corrected chi connectivity index (χ2v) is 14.3. The Morgan fingerprint density at radius 3 is 1.84 bits per heavy atom. The number of benzene rings is 4. The lowest BCUT2D eigenvalue weighted by Gasteiger charge is -2.23. The Balaban J connectivity index is 1.66. The number of hydrogen-bond acceptors (Lipinski definition) is 7. The summed E-state index contributed by atoms with van der Waals surface area (Å²) < 4.78 is 37.5. The van der Waals surface area contributed by atoms with Gasteiger partial charge in [0.1, 0.15) is 34.5 Å². The summed E-state index contributed by atoms with van der Waals surface area (Å²) >= 11 is 0. The van der Waals surface area contributed by atoms with Crippen LogP contribution in [-0.4, -0.2) is 20.8 Å². The first-order valence-corrected chi connectivity index (χ1v) is 20.2. The highest BCUT2D eigenvalue weighted by Crippen LogP contribution is 2.45. The fraction of sp³-hybridized carbons (Fsp3) is 0.261. The molecule has 2 N–H and O–H groups in total. The zero-order valence-corrected chi connectivity index (χ0v) is 35.0. The predicted molar refractivity (Wildman–Crippen MR) is 232 cm³/mol. The van der Waals surface area contributed by atoms with Crippen molar-refractivity contribution in [2.24, 2.45) is 5.73 Å². The second kappa shape index (κ2) is 20.8. The third kappa shape index (κ3) is 10.5. The van der Waals surface area contributed by atoms with E-state index in [1.54, 1.807) is 14.2 Å². The summed E-state index contributed by atoms with van der Waals surface area (Å²) in [4.78, 5) is 0. The van der Waals surface area contributed by atoms with E-state index in [1.807, 2.05) is 76.2 Å². The molecule has 0 aliphatic heterocycles. The maximum Gasteiger partial charge on any atom is 0.275 e. The average molecular weight is 778 g/mol. The first-order valence-electron chi connectivity index (χ1n) is 18.5. The molecule has 4 aromatic carbocycles. The smallest absolute Gasteiger partial charge is 0.275 e. The van der Waals surface area contributed by atoms with Gasteiger partial charge in [0.25, 0.3) is 18.1 Å². The predicted octanol–water partition coefficient (Wildman–Crippen LogP) is 8.95. The summed E-state index contributed by atoms with van der Waals surface area (Å²) in [6.45, 7) is 10.5. The molecule has 2 unspecified atom stereocenters. The first-order chi connectivity index (χ1) is 26.8. The maximum absolute atomic E-state index is 6.82. The van der Waals surface area contributed by atoms with Gasteiger partial charge in [0, 0.05) is 32.0 Å². The third-order valence-corrected chi connectivity index (χ3v) is 10.9. The average Bonchev–Trinajstić information content (AvgIpc) is 3.22. The Morgan fingerprint density at radius 1 is 0.691 bits per heavy atom. The van der Waals surface area contributed by atoms with E-state index in [0.717, 1.165) is 108 Å². The van der Waals surface area contributed by atoms with Crippen molar-refractivity contribution in [2.75, 3.05) is 20.8 Å². The van der Waals surface area contributed by atoms with E-state index >= 15 is 0 Å². The van der Waals surface area contributed by atoms with Crippen LogP contribution in [0.25, 0.3) is 39.4 Å². The molecule has 0 heterocycles. The van der Waals surface area contributed by atoms with Gasteiger partial charge in [-0.15, -0.1) is 0 Å². The van der Waals surface area contributed by atoms with Gasteiger partial charge in [-0.25, -0.2) is 0 Å². The Morgan fingerprint density at radius 2 is 1.24 bits per heavy atom. The van der Waals surface area contributed by atoms with Crippen molar-refractivity contribution in [1.29, 1.82) is 0 Å². The summed E-state index contributed by atoms with van der Waals surface area (Å²) in [7, 11) is 2.74. The highest BCUT2D eigenvalue weighted by molar-refractivity contribution is 7.27. The molecule has 55 heavy (non-hydrogen) atoms. The maximum atomic E-state index is 6.82. The fourth-order valence-corrected chi connectivity index (χ4v) is 7.74. The second-order valence-electron chi connectivity index (χ2n) is 13.1. The minimum absolute atomic E-state index is 0.308. The van der Waals surface area contributed by atoms with Gasteiger partial charge in [0.15, 0.2) is 0 Å². The minimum Gasteiger partial charge on any atom is -0.501 e. The number of aryl methyl sites for hydroxylation is 1. The molecule has 9 heteroatoms. The highest BCUT2D eigenvalue weighted by atomic mass is 31.1. The van der Waals surface area contributed by atoms with Gasteiger partial charge in [-0.2, -0.15) is 0 Å². The number of rotatable bonds is 14. The normalized spacial score (nSPS) is 19.3. The largest absolute Gasteiger partial charge is 0.501 e. The molecule has 7 nitrogen and oxygen atoms in total. The number of nitrogens with two attached hydrogens (primary N) is 1. The van der Waals surface area contributed by atoms with Crippen molar-refractivity contribution in [1.82, 2.24) is 0 Å². The van der Waals surface area contributed by atoms with E-state index in [1.165, 1.54) is 0 Å². The van der Waals surface area contributed by atoms with Crippen LogP contribution >= 0.6 is 18.1 Å². The molecule has 4 aromatic rings. The Bertz CT molecular complexity index is 2360. The van der Waals surface area contributed by atoms with Gasteiger partial charge < -0.3 is 33.3 Å². The Labute approximate surface area is 329 Å². The molecule has 1 aliphatic rings.